The van der Waals surface area contributed by atoms with Crippen LogP contribution in [0.1, 0.15) is 36.0 Å². The van der Waals surface area contributed by atoms with Crippen molar-refractivity contribution in [3.05, 3.63) is 17.8 Å². The number of amides is 1. The maximum Gasteiger partial charge on any atom is 0.289 e. The van der Waals surface area contributed by atoms with Gasteiger partial charge in [0.1, 0.15) is 0 Å². The van der Waals surface area contributed by atoms with E-state index in [1.807, 2.05) is 0 Å². The Balaban J connectivity index is 1.95. The molecule has 1 aliphatic heterocycles. The number of rotatable bonds is 2. The van der Waals surface area contributed by atoms with Crippen molar-refractivity contribution < 1.29 is 9.21 Å². The number of aromatic nitrogens is 1. The van der Waals surface area contributed by atoms with Crippen molar-refractivity contribution in [2.24, 2.45) is 0 Å². The largest absolute Gasteiger partial charge is 0.438 e. The SMILES string of the molecule is Cc1ncoc1C(=O)NC1CCNC(C)C1. The third kappa shape index (κ3) is 2.41. The first-order chi connectivity index (χ1) is 7.66. The van der Waals surface area contributed by atoms with Crippen LogP contribution >= 0.6 is 0 Å². The fraction of sp³-hybridized carbons (Fsp3) is 0.636. The van der Waals surface area contributed by atoms with Gasteiger partial charge in [0.15, 0.2) is 6.39 Å². The lowest BCUT2D eigenvalue weighted by atomic mass is 10.0. The Morgan fingerprint density at radius 2 is 2.50 bits per heavy atom. The minimum Gasteiger partial charge on any atom is -0.438 e. The summed E-state index contributed by atoms with van der Waals surface area (Å²) in [6.45, 7) is 4.84. The summed E-state index contributed by atoms with van der Waals surface area (Å²) in [5.41, 5.74) is 0.638. The Morgan fingerprint density at radius 1 is 1.69 bits per heavy atom. The fourth-order valence-electron chi connectivity index (χ4n) is 2.03. The van der Waals surface area contributed by atoms with Gasteiger partial charge in [0, 0.05) is 12.1 Å². The first-order valence-electron chi connectivity index (χ1n) is 5.61. The molecule has 1 saturated heterocycles. The molecule has 0 aliphatic carbocycles. The predicted molar refractivity (Wildman–Crippen MR) is 59.2 cm³/mol. The number of nitrogens with one attached hydrogen (secondary N) is 2. The molecule has 2 rings (SSSR count). The highest BCUT2D eigenvalue weighted by molar-refractivity contribution is 5.92. The van der Waals surface area contributed by atoms with Crippen LogP contribution in [0, 0.1) is 6.92 Å². The minimum absolute atomic E-state index is 0.158. The van der Waals surface area contributed by atoms with Crippen molar-refractivity contribution >= 4 is 5.91 Å². The molecule has 2 unspecified atom stereocenters. The number of piperidine rings is 1. The van der Waals surface area contributed by atoms with E-state index in [0.29, 0.717) is 17.5 Å². The monoisotopic (exact) mass is 223 g/mol. The summed E-state index contributed by atoms with van der Waals surface area (Å²) in [5.74, 6) is 0.167. The lowest BCUT2D eigenvalue weighted by molar-refractivity contribution is 0.0896. The number of hydrogen-bond acceptors (Lipinski definition) is 4. The smallest absolute Gasteiger partial charge is 0.289 e. The second-order valence-corrected chi connectivity index (χ2v) is 4.32. The highest BCUT2D eigenvalue weighted by atomic mass is 16.3. The van der Waals surface area contributed by atoms with Crippen LogP contribution in [0.25, 0.3) is 0 Å². The molecule has 1 aliphatic rings. The third-order valence-electron chi connectivity index (χ3n) is 2.91. The van der Waals surface area contributed by atoms with Crippen molar-refractivity contribution in [2.45, 2.75) is 38.8 Å². The van der Waals surface area contributed by atoms with Gasteiger partial charge >= 0.3 is 0 Å². The highest BCUT2D eigenvalue weighted by Gasteiger charge is 2.22. The summed E-state index contributed by atoms with van der Waals surface area (Å²) >= 11 is 0. The first kappa shape index (κ1) is 11.1. The van der Waals surface area contributed by atoms with Crippen LogP contribution in [0.3, 0.4) is 0 Å². The predicted octanol–water partition coefficient (Wildman–Crippen LogP) is 0.853. The molecule has 1 amide bonds. The lowest BCUT2D eigenvalue weighted by Crippen LogP contribution is -2.46. The van der Waals surface area contributed by atoms with Crippen LogP contribution in [0.15, 0.2) is 10.8 Å². The third-order valence-corrected chi connectivity index (χ3v) is 2.91. The van der Waals surface area contributed by atoms with Gasteiger partial charge in [0.05, 0.1) is 5.69 Å². The summed E-state index contributed by atoms with van der Waals surface area (Å²) in [6.07, 6.45) is 3.22. The molecule has 0 radical (unpaired) electrons. The van der Waals surface area contributed by atoms with Crippen LogP contribution < -0.4 is 10.6 Å². The number of hydrogen-bond donors (Lipinski definition) is 2. The zero-order valence-corrected chi connectivity index (χ0v) is 9.62. The molecule has 2 N–H and O–H groups in total. The molecule has 0 bridgehead atoms. The number of aryl methyl sites for hydroxylation is 1. The minimum atomic E-state index is -0.158. The van der Waals surface area contributed by atoms with Gasteiger partial charge in [-0.15, -0.1) is 0 Å². The zero-order chi connectivity index (χ0) is 11.5. The van der Waals surface area contributed by atoms with E-state index in [0.717, 1.165) is 19.4 Å². The first-order valence-corrected chi connectivity index (χ1v) is 5.61. The zero-order valence-electron chi connectivity index (χ0n) is 9.62. The van der Waals surface area contributed by atoms with Gasteiger partial charge in [0.2, 0.25) is 5.76 Å². The van der Waals surface area contributed by atoms with Gasteiger partial charge in [-0.3, -0.25) is 4.79 Å². The molecule has 5 heteroatoms. The molecule has 0 aromatic carbocycles. The lowest BCUT2D eigenvalue weighted by Gasteiger charge is -2.28. The molecule has 16 heavy (non-hydrogen) atoms. The molecule has 0 spiro atoms. The van der Waals surface area contributed by atoms with Crippen LogP contribution in [0.5, 0.6) is 0 Å². The summed E-state index contributed by atoms with van der Waals surface area (Å²) < 4.78 is 5.06. The van der Waals surface area contributed by atoms with E-state index >= 15 is 0 Å². The molecular weight excluding hydrogens is 206 g/mol. The Hall–Kier alpha value is -1.36. The molecule has 1 aromatic heterocycles. The summed E-state index contributed by atoms with van der Waals surface area (Å²) in [6, 6.07) is 0.683. The molecule has 5 nitrogen and oxygen atoms in total. The van der Waals surface area contributed by atoms with Crippen LogP contribution in [-0.2, 0) is 0 Å². The molecule has 0 saturated carbocycles. The molecule has 2 heterocycles. The van der Waals surface area contributed by atoms with E-state index in [2.05, 4.69) is 22.5 Å². The molecule has 1 fully saturated rings. The number of carbonyl (C=O) groups excluding carboxylic acids is 1. The van der Waals surface area contributed by atoms with E-state index in [-0.39, 0.29) is 11.9 Å². The fourth-order valence-corrected chi connectivity index (χ4v) is 2.03. The summed E-state index contributed by atoms with van der Waals surface area (Å²) in [7, 11) is 0. The number of oxazole rings is 1. The summed E-state index contributed by atoms with van der Waals surface area (Å²) in [5, 5.41) is 6.32. The maximum atomic E-state index is 11.8. The quantitative estimate of drug-likeness (QED) is 0.780. The van der Waals surface area contributed by atoms with E-state index in [1.54, 1.807) is 6.92 Å². The Bertz CT molecular complexity index is 375. The Kier molecular flexibility index (Phi) is 3.24. The van der Waals surface area contributed by atoms with Crippen LogP contribution in [0.2, 0.25) is 0 Å². The van der Waals surface area contributed by atoms with E-state index in [9.17, 15) is 4.79 Å². The van der Waals surface area contributed by atoms with Gasteiger partial charge in [-0.25, -0.2) is 4.98 Å². The van der Waals surface area contributed by atoms with Crippen molar-refractivity contribution in [3.8, 4) is 0 Å². The Morgan fingerprint density at radius 3 is 3.12 bits per heavy atom. The molecule has 2 atom stereocenters. The topological polar surface area (TPSA) is 67.2 Å². The second kappa shape index (κ2) is 4.65. The summed E-state index contributed by atoms with van der Waals surface area (Å²) in [4.78, 5) is 15.7. The van der Waals surface area contributed by atoms with Gasteiger partial charge in [0.25, 0.3) is 5.91 Å². The Labute approximate surface area is 94.6 Å². The highest BCUT2D eigenvalue weighted by Crippen LogP contribution is 2.10. The van der Waals surface area contributed by atoms with E-state index in [4.69, 9.17) is 4.42 Å². The van der Waals surface area contributed by atoms with Crippen molar-refractivity contribution in [2.75, 3.05) is 6.54 Å². The number of carbonyl (C=O) groups is 1. The van der Waals surface area contributed by atoms with Crippen LogP contribution in [-0.4, -0.2) is 29.5 Å². The van der Waals surface area contributed by atoms with E-state index in [1.165, 1.54) is 6.39 Å². The van der Waals surface area contributed by atoms with Gasteiger partial charge < -0.3 is 15.1 Å². The maximum absolute atomic E-state index is 11.8. The van der Waals surface area contributed by atoms with Gasteiger partial charge in [-0.05, 0) is 33.2 Å². The van der Waals surface area contributed by atoms with Gasteiger partial charge in [-0.2, -0.15) is 0 Å². The molecule has 1 aromatic rings. The van der Waals surface area contributed by atoms with Crippen molar-refractivity contribution in [3.63, 3.8) is 0 Å². The normalized spacial score (nSPS) is 25.4. The van der Waals surface area contributed by atoms with Gasteiger partial charge in [-0.1, -0.05) is 0 Å². The average Bonchev–Trinajstić information content (AvgIpc) is 2.64. The number of nitrogens with zero attached hydrogens (tertiary/aromatic N) is 1. The van der Waals surface area contributed by atoms with E-state index < -0.39 is 0 Å². The molecular formula is C11H17N3O2. The van der Waals surface area contributed by atoms with Crippen LogP contribution in [0.4, 0.5) is 0 Å². The molecule has 88 valence electrons. The second-order valence-electron chi connectivity index (χ2n) is 4.32. The van der Waals surface area contributed by atoms with Crippen molar-refractivity contribution in [1.82, 2.24) is 15.6 Å². The van der Waals surface area contributed by atoms with Crippen molar-refractivity contribution in [1.29, 1.82) is 0 Å². The average molecular weight is 223 g/mol. The standard InChI is InChI=1S/C11H17N3O2/c1-7-5-9(3-4-12-7)14-11(15)10-8(2)13-6-16-10/h6-7,9,12H,3-5H2,1-2H3,(H,14,15).